The van der Waals surface area contributed by atoms with Gasteiger partial charge in [0, 0.05) is 5.69 Å². The molecule has 0 saturated carbocycles. The summed E-state index contributed by atoms with van der Waals surface area (Å²) < 4.78 is 0. The van der Waals surface area contributed by atoms with Crippen LogP contribution in [0.15, 0.2) is 48.5 Å². The summed E-state index contributed by atoms with van der Waals surface area (Å²) in [5, 5.41) is 3.55. The van der Waals surface area contributed by atoms with E-state index in [1.54, 1.807) is 0 Å². The molecule has 1 unspecified atom stereocenters. The largest absolute Gasteiger partial charge is 0.374 e. The van der Waals surface area contributed by atoms with Gasteiger partial charge in [-0.15, -0.1) is 0 Å². The van der Waals surface area contributed by atoms with E-state index in [-0.39, 0.29) is 6.04 Å². The predicted molar refractivity (Wildman–Crippen MR) is 71.9 cm³/mol. The van der Waals surface area contributed by atoms with Gasteiger partial charge in [-0.2, -0.15) is 0 Å². The summed E-state index contributed by atoms with van der Waals surface area (Å²) in [5.41, 5.74) is 4.94. The van der Waals surface area contributed by atoms with Crippen molar-refractivity contribution in [2.45, 2.75) is 13.0 Å². The zero-order valence-corrected chi connectivity index (χ0v) is 9.77. The summed E-state index contributed by atoms with van der Waals surface area (Å²) in [7, 11) is 0. The van der Waals surface area contributed by atoms with Gasteiger partial charge in [-0.1, -0.05) is 48.6 Å². The minimum absolute atomic E-state index is 0.252. The van der Waals surface area contributed by atoms with Crippen LogP contribution in [0.2, 0.25) is 0 Å². The molecule has 0 aromatic heterocycles. The molecule has 1 N–H and O–H groups in total. The fraction of sp³-hybridized carbons (Fsp3) is 0.125. The molecule has 1 aliphatic heterocycles. The van der Waals surface area contributed by atoms with E-state index in [4.69, 9.17) is 0 Å². The highest BCUT2D eigenvalue weighted by Crippen LogP contribution is 2.30. The zero-order chi connectivity index (χ0) is 11.7. The molecule has 0 aliphatic carbocycles. The Hall–Kier alpha value is -2.02. The first kappa shape index (κ1) is 10.2. The van der Waals surface area contributed by atoms with Crippen molar-refractivity contribution in [1.29, 1.82) is 0 Å². The SMILES string of the molecule is Cc1[c]cccc1C1C=Cc2ccccc2N1. The molecule has 0 spiro atoms. The van der Waals surface area contributed by atoms with Gasteiger partial charge < -0.3 is 5.32 Å². The lowest BCUT2D eigenvalue weighted by Gasteiger charge is -2.23. The number of rotatable bonds is 1. The number of hydrogen-bond donors (Lipinski definition) is 1. The molecular formula is C16H14N. The predicted octanol–water partition coefficient (Wildman–Crippen LogP) is 3.98. The van der Waals surface area contributed by atoms with Crippen LogP contribution in [0, 0.1) is 13.0 Å². The van der Waals surface area contributed by atoms with E-state index in [0.29, 0.717) is 0 Å². The number of anilines is 1. The van der Waals surface area contributed by atoms with Crippen LogP contribution in [0.3, 0.4) is 0 Å². The molecule has 1 radical (unpaired) electrons. The summed E-state index contributed by atoms with van der Waals surface area (Å²) >= 11 is 0. The van der Waals surface area contributed by atoms with Crippen LogP contribution in [-0.4, -0.2) is 0 Å². The second-order valence-corrected chi connectivity index (χ2v) is 4.32. The zero-order valence-electron chi connectivity index (χ0n) is 9.77. The minimum atomic E-state index is 0.252. The maximum Gasteiger partial charge on any atom is 0.0704 e. The van der Waals surface area contributed by atoms with Gasteiger partial charge in [0.25, 0.3) is 0 Å². The number of para-hydroxylation sites is 1. The average molecular weight is 220 g/mol. The first-order valence-electron chi connectivity index (χ1n) is 5.85. The van der Waals surface area contributed by atoms with E-state index in [1.807, 2.05) is 12.1 Å². The first-order chi connectivity index (χ1) is 8.34. The minimum Gasteiger partial charge on any atom is -0.374 e. The standard InChI is InChI=1S/C16H14N/c1-12-6-2-4-8-14(12)16-11-10-13-7-3-5-9-15(13)17-16/h2-5,7-11,16-17H,1H3. The second kappa shape index (κ2) is 4.10. The highest BCUT2D eigenvalue weighted by molar-refractivity contribution is 5.71. The van der Waals surface area contributed by atoms with Crippen LogP contribution in [0.5, 0.6) is 0 Å². The molecule has 1 nitrogen and oxygen atoms in total. The van der Waals surface area contributed by atoms with Gasteiger partial charge >= 0.3 is 0 Å². The molecule has 1 atom stereocenters. The van der Waals surface area contributed by atoms with Crippen molar-refractivity contribution >= 4 is 11.8 Å². The van der Waals surface area contributed by atoms with Gasteiger partial charge in [-0.3, -0.25) is 0 Å². The summed E-state index contributed by atoms with van der Waals surface area (Å²) in [5.74, 6) is 0. The van der Waals surface area contributed by atoms with Crippen molar-refractivity contribution in [3.8, 4) is 0 Å². The lowest BCUT2D eigenvalue weighted by Crippen LogP contribution is -2.13. The molecule has 1 heterocycles. The van der Waals surface area contributed by atoms with Crippen LogP contribution in [0.1, 0.15) is 22.7 Å². The average Bonchev–Trinajstić information content (AvgIpc) is 2.39. The van der Waals surface area contributed by atoms with E-state index in [9.17, 15) is 0 Å². The van der Waals surface area contributed by atoms with Crippen LogP contribution in [-0.2, 0) is 0 Å². The molecule has 0 bridgehead atoms. The number of hydrogen-bond acceptors (Lipinski definition) is 1. The van der Waals surface area contributed by atoms with Crippen molar-refractivity contribution in [3.63, 3.8) is 0 Å². The van der Waals surface area contributed by atoms with Gasteiger partial charge in [0.05, 0.1) is 6.04 Å². The van der Waals surface area contributed by atoms with Gasteiger partial charge in [0.1, 0.15) is 0 Å². The summed E-state index contributed by atoms with van der Waals surface area (Å²) in [6.07, 6.45) is 4.39. The highest BCUT2D eigenvalue weighted by atomic mass is 14.9. The van der Waals surface area contributed by atoms with E-state index < -0.39 is 0 Å². The third kappa shape index (κ3) is 1.84. The van der Waals surface area contributed by atoms with Crippen molar-refractivity contribution in [2.75, 3.05) is 5.32 Å². The highest BCUT2D eigenvalue weighted by Gasteiger charge is 2.14. The van der Waals surface area contributed by atoms with Crippen LogP contribution in [0.25, 0.3) is 6.08 Å². The lowest BCUT2D eigenvalue weighted by atomic mass is 9.97. The van der Waals surface area contributed by atoms with Gasteiger partial charge in [0.15, 0.2) is 0 Å². The van der Waals surface area contributed by atoms with Gasteiger partial charge in [-0.05, 0) is 35.7 Å². The Kier molecular flexibility index (Phi) is 2.45. The molecule has 0 fully saturated rings. The van der Waals surface area contributed by atoms with Crippen LogP contribution in [0.4, 0.5) is 5.69 Å². The molecule has 3 rings (SSSR count). The Bertz CT molecular complexity index is 569. The molecule has 2 aromatic rings. The van der Waals surface area contributed by atoms with Crippen molar-refractivity contribution in [1.82, 2.24) is 0 Å². The molecule has 1 heteroatoms. The normalized spacial score (nSPS) is 17.4. The maximum absolute atomic E-state index is 3.55. The molecule has 83 valence electrons. The monoisotopic (exact) mass is 220 g/mol. The fourth-order valence-corrected chi connectivity index (χ4v) is 2.24. The smallest absolute Gasteiger partial charge is 0.0704 e. The Balaban J connectivity index is 1.98. The Morgan fingerprint density at radius 3 is 2.88 bits per heavy atom. The molecule has 0 saturated heterocycles. The Morgan fingerprint density at radius 1 is 1.12 bits per heavy atom. The number of benzene rings is 2. The topological polar surface area (TPSA) is 12.0 Å². The maximum atomic E-state index is 3.55. The summed E-state index contributed by atoms with van der Waals surface area (Å²) in [4.78, 5) is 0. The summed E-state index contributed by atoms with van der Waals surface area (Å²) in [6, 6.07) is 18.0. The van der Waals surface area contributed by atoms with Crippen molar-refractivity contribution in [2.24, 2.45) is 0 Å². The van der Waals surface area contributed by atoms with Gasteiger partial charge in [0.2, 0.25) is 0 Å². The Labute approximate surface area is 102 Å². The van der Waals surface area contributed by atoms with E-state index >= 15 is 0 Å². The molecule has 2 aromatic carbocycles. The van der Waals surface area contributed by atoms with E-state index in [1.165, 1.54) is 22.4 Å². The third-order valence-electron chi connectivity index (χ3n) is 3.18. The molecular weight excluding hydrogens is 206 g/mol. The fourth-order valence-electron chi connectivity index (χ4n) is 2.24. The van der Waals surface area contributed by atoms with Crippen LogP contribution < -0.4 is 5.32 Å². The van der Waals surface area contributed by atoms with E-state index in [2.05, 4.69) is 60.8 Å². The quantitative estimate of drug-likeness (QED) is 0.766. The molecule has 17 heavy (non-hydrogen) atoms. The van der Waals surface area contributed by atoms with Crippen LogP contribution >= 0.6 is 0 Å². The second-order valence-electron chi connectivity index (χ2n) is 4.32. The van der Waals surface area contributed by atoms with Gasteiger partial charge in [-0.25, -0.2) is 0 Å². The first-order valence-corrected chi connectivity index (χ1v) is 5.85. The number of nitrogens with one attached hydrogen (secondary N) is 1. The van der Waals surface area contributed by atoms with Crippen molar-refractivity contribution in [3.05, 3.63) is 71.3 Å². The molecule has 0 amide bonds. The third-order valence-corrected chi connectivity index (χ3v) is 3.18. The summed E-state index contributed by atoms with van der Waals surface area (Å²) in [6.45, 7) is 2.10. The lowest BCUT2D eigenvalue weighted by molar-refractivity contribution is 0.963. The van der Waals surface area contributed by atoms with Crippen molar-refractivity contribution < 1.29 is 0 Å². The number of fused-ring (bicyclic) bond motifs is 1. The Morgan fingerprint density at radius 2 is 2.00 bits per heavy atom. The molecule has 1 aliphatic rings. The van der Waals surface area contributed by atoms with E-state index in [0.717, 1.165) is 0 Å². The number of aryl methyl sites for hydroxylation is 1.